The van der Waals surface area contributed by atoms with Crippen molar-refractivity contribution in [2.75, 3.05) is 12.9 Å². The Morgan fingerprint density at radius 1 is 1.47 bits per heavy atom. The molecule has 1 heterocycles. The molecule has 0 saturated carbocycles. The number of carbonyl (C=O) groups excluding carboxylic acids is 1. The molecule has 7 heteroatoms. The van der Waals surface area contributed by atoms with Crippen LogP contribution in [0.2, 0.25) is 0 Å². The van der Waals surface area contributed by atoms with Crippen molar-refractivity contribution in [3.63, 3.8) is 0 Å². The van der Waals surface area contributed by atoms with Crippen molar-refractivity contribution in [3.05, 3.63) is 28.7 Å². The fourth-order valence-electron chi connectivity index (χ4n) is 1.50. The summed E-state index contributed by atoms with van der Waals surface area (Å²) in [4.78, 5) is 11.1. The Kier molecular flexibility index (Phi) is 4.60. The van der Waals surface area contributed by atoms with Gasteiger partial charge in [-0.1, -0.05) is 39.8 Å². The van der Waals surface area contributed by atoms with Crippen molar-refractivity contribution in [2.24, 2.45) is 7.05 Å². The zero-order valence-electron chi connectivity index (χ0n) is 10.5. The first-order valence-corrected chi connectivity index (χ1v) is 7.24. The molecule has 0 bridgehead atoms. The largest absolute Gasteiger partial charge is 0.468 e. The minimum Gasteiger partial charge on any atom is -0.468 e. The summed E-state index contributed by atoms with van der Waals surface area (Å²) in [7, 11) is 3.24. The number of rotatable bonds is 4. The number of hydrogen-bond acceptors (Lipinski definition) is 5. The van der Waals surface area contributed by atoms with Crippen LogP contribution in [-0.4, -0.2) is 33.6 Å². The molecule has 0 fully saturated rings. The van der Waals surface area contributed by atoms with Crippen molar-refractivity contribution < 1.29 is 9.53 Å². The first-order chi connectivity index (χ1) is 9.11. The van der Waals surface area contributed by atoms with Gasteiger partial charge in [-0.25, -0.2) is 0 Å². The normalized spacial score (nSPS) is 10.5. The van der Waals surface area contributed by atoms with Gasteiger partial charge in [-0.05, 0) is 12.1 Å². The van der Waals surface area contributed by atoms with Crippen LogP contribution in [0, 0.1) is 0 Å². The Labute approximate surface area is 123 Å². The maximum atomic E-state index is 11.1. The van der Waals surface area contributed by atoms with Gasteiger partial charge in [0.25, 0.3) is 0 Å². The standard InChI is InChI=1S/C12H12BrN3O2S/c1-16-11(8-4-3-5-9(13)6-8)14-15-12(16)19-7-10(17)18-2/h3-6H,7H2,1-2H3. The Hall–Kier alpha value is -1.34. The molecule has 1 aromatic heterocycles. The molecule has 100 valence electrons. The molecule has 0 aliphatic heterocycles. The van der Waals surface area contributed by atoms with E-state index in [0.717, 1.165) is 15.9 Å². The number of esters is 1. The SMILES string of the molecule is COC(=O)CSc1nnc(-c2cccc(Br)c2)n1C. The summed E-state index contributed by atoms with van der Waals surface area (Å²) in [5.74, 6) is 0.701. The van der Waals surface area contributed by atoms with Crippen molar-refractivity contribution >= 4 is 33.7 Å². The molecule has 2 rings (SSSR count). The van der Waals surface area contributed by atoms with Gasteiger partial charge in [-0.3, -0.25) is 4.79 Å². The summed E-state index contributed by atoms with van der Waals surface area (Å²) in [6, 6.07) is 7.82. The fraction of sp³-hybridized carbons (Fsp3) is 0.250. The van der Waals surface area contributed by atoms with Crippen LogP contribution in [0.15, 0.2) is 33.9 Å². The third-order valence-electron chi connectivity index (χ3n) is 2.46. The molecular weight excluding hydrogens is 330 g/mol. The van der Waals surface area contributed by atoms with Gasteiger partial charge in [0.15, 0.2) is 11.0 Å². The average molecular weight is 342 g/mol. The van der Waals surface area contributed by atoms with E-state index in [9.17, 15) is 4.79 Å². The molecule has 0 N–H and O–H groups in total. The molecule has 5 nitrogen and oxygen atoms in total. The van der Waals surface area contributed by atoms with Crippen molar-refractivity contribution in [3.8, 4) is 11.4 Å². The van der Waals surface area contributed by atoms with Crippen LogP contribution in [0.25, 0.3) is 11.4 Å². The summed E-state index contributed by atoms with van der Waals surface area (Å²) in [5, 5.41) is 8.91. The number of aromatic nitrogens is 3. The third-order valence-corrected chi connectivity index (χ3v) is 3.95. The van der Waals surface area contributed by atoms with E-state index in [1.54, 1.807) is 0 Å². The Balaban J connectivity index is 2.21. The molecule has 0 unspecified atom stereocenters. The summed E-state index contributed by atoms with van der Waals surface area (Å²) in [6.45, 7) is 0. The number of ether oxygens (including phenoxy) is 1. The van der Waals surface area contributed by atoms with Gasteiger partial charge < -0.3 is 9.30 Å². The monoisotopic (exact) mass is 341 g/mol. The van der Waals surface area contributed by atoms with Crippen LogP contribution in [0.4, 0.5) is 0 Å². The summed E-state index contributed by atoms with van der Waals surface area (Å²) in [6.07, 6.45) is 0. The van der Waals surface area contributed by atoms with Crippen molar-refractivity contribution in [2.45, 2.75) is 5.16 Å². The van der Waals surface area contributed by atoms with Crippen LogP contribution < -0.4 is 0 Å². The predicted octanol–water partition coefficient (Wildman–Crippen LogP) is 2.51. The second kappa shape index (κ2) is 6.21. The van der Waals surface area contributed by atoms with E-state index in [1.165, 1.54) is 18.9 Å². The quantitative estimate of drug-likeness (QED) is 0.631. The number of thioether (sulfide) groups is 1. The number of benzene rings is 1. The molecule has 0 radical (unpaired) electrons. The smallest absolute Gasteiger partial charge is 0.316 e. The van der Waals surface area contributed by atoms with Crippen LogP contribution in [0.3, 0.4) is 0 Å². The topological polar surface area (TPSA) is 57.0 Å². The number of nitrogens with zero attached hydrogens (tertiary/aromatic N) is 3. The summed E-state index contributed by atoms with van der Waals surface area (Å²) < 4.78 is 7.44. The van der Waals surface area contributed by atoms with E-state index in [4.69, 9.17) is 0 Å². The lowest BCUT2D eigenvalue weighted by molar-refractivity contribution is -0.137. The molecular formula is C12H12BrN3O2S. The maximum Gasteiger partial charge on any atom is 0.316 e. The second-order valence-corrected chi connectivity index (χ2v) is 5.60. The maximum absolute atomic E-state index is 11.1. The zero-order valence-corrected chi connectivity index (χ0v) is 12.9. The Morgan fingerprint density at radius 2 is 2.26 bits per heavy atom. The van der Waals surface area contributed by atoms with E-state index in [-0.39, 0.29) is 11.7 Å². The Morgan fingerprint density at radius 3 is 2.95 bits per heavy atom. The number of halogens is 1. The van der Waals surface area contributed by atoms with Gasteiger partial charge in [-0.15, -0.1) is 10.2 Å². The molecule has 19 heavy (non-hydrogen) atoms. The first kappa shape index (κ1) is 14.1. The van der Waals surface area contributed by atoms with Crippen molar-refractivity contribution in [1.82, 2.24) is 14.8 Å². The van der Waals surface area contributed by atoms with Crippen molar-refractivity contribution in [1.29, 1.82) is 0 Å². The van der Waals surface area contributed by atoms with E-state index < -0.39 is 0 Å². The number of hydrogen-bond donors (Lipinski definition) is 0. The summed E-state index contributed by atoms with van der Waals surface area (Å²) >= 11 is 4.73. The van der Waals surface area contributed by atoms with E-state index in [0.29, 0.717) is 5.16 Å². The van der Waals surface area contributed by atoms with Gasteiger partial charge in [0.05, 0.1) is 12.9 Å². The lowest BCUT2D eigenvalue weighted by Crippen LogP contribution is -2.04. The zero-order chi connectivity index (χ0) is 13.8. The van der Waals surface area contributed by atoms with E-state index in [2.05, 4.69) is 30.9 Å². The predicted molar refractivity (Wildman–Crippen MR) is 76.9 cm³/mol. The van der Waals surface area contributed by atoms with E-state index in [1.807, 2.05) is 35.9 Å². The molecule has 0 atom stereocenters. The molecule has 0 aliphatic rings. The number of carbonyl (C=O) groups is 1. The highest BCUT2D eigenvalue weighted by atomic mass is 79.9. The van der Waals surface area contributed by atoms with Crippen LogP contribution in [0.1, 0.15) is 0 Å². The first-order valence-electron chi connectivity index (χ1n) is 5.46. The van der Waals surface area contributed by atoms with Gasteiger partial charge in [0.2, 0.25) is 0 Å². The lowest BCUT2D eigenvalue weighted by Gasteiger charge is -2.03. The van der Waals surface area contributed by atoms with Crippen LogP contribution in [-0.2, 0) is 16.6 Å². The molecule has 0 amide bonds. The van der Waals surface area contributed by atoms with Gasteiger partial charge in [-0.2, -0.15) is 0 Å². The molecule has 0 aliphatic carbocycles. The number of methoxy groups -OCH3 is 1. The summed E-state index contributed by atoms with van der Waals surface area (Å²) in [5.41, 5.74) is 0.967. The minimum absolute atomic E-state index is 0.223. The van der Waals surface area contributed by atoms with Crippen LogP contribution >= 0.6 is 27.7 Å². The highest BCUT2D eigenvalue weighted by molar-refractivity contribution is 9.10. The van der Waals surface area contributed by atoms with Crippen LogP contribution in [0.5, 0.6) is 0 Å². The third kappa shape index (κ3) is 3.36. The minimum atomic E-state index is -0.281. The van der Waals surface area contributed by atoms with Gasteiger partial charge in [0.1, 0.15) is 0 Å². The fourth-order valence-corrected chi connectivity index (χ4v) is 2.64. The lowest BCUT2D eigenvalue weighted by atomic mass is 10.2. The van der Waals surface area contributed by atoms with Gasteiger partial charge in [0, 0.05) is 17.1 Å². The average Bonchev–Trinajstić information content (AvgIpc) is 2.77. The second-order valence-electron chi connectivity index (χ2n) is 3.74. The molecule has 0 saturated heterocycles. The molecule has 1 aromatic carbocycles. The highest BCUT2D eigenvalue weighted by Gasteiger charge is 2.13. The highest BCUT2D eigenvalue weighted by Crippen LogP contribution is 2.24. The van der Waals surface area contributed by atoms with Gasteiger partial charge >= 0.3 is 5.97 Å². The van der Waals surface area contributed by atoms with E-state index >= 15 is 0 Å². The molecule has 2 aromatic rings. The molecule has 0 spiro atoms. The Bertz CT molecular complexity index is 600.